The third-order valence-electron chi connectivity index (χ3n) is 3.94. The van der Waals surface area contributed by atoms with Crippen molar-refractivity contribution < 1.29 is 15.0 Å². The van der Waals surface area contributed by atoms with Crippen molar-refractivity contribution in [1.29, 1.82) is 0 Å². The Morgan fingerprint density at radius 3 is 2.60 bits per heavy atom. The van der Waals surface area contributed by atoms with Crippen LogP contribution in [0, 0.1) is 5.41 Å². The van der Waals surface area contributed by atoms with Crippen LogP contribution < -0.4 is 0 Å². The predicted molar refractivity (Wildman–Crippen MR) is 55.6 cm³/mol. The van der Waals surface area contributed by atoms with Gasteiger partial charge in [-0.1, -0.05) is 6.42 Å². The molecule has 0 amide bonds. The molecule has 1 saturated carbocycles. The van der Waals surface area contributed by atoms with E-state index in [0.29, 0.717) is 0 Å². The number of aliphatic hydroxyl groups excluding tert-OH is 1. The van der Waals surface area contributed by atoms with Gasteiger partial charge in [0.2, 0.25) is 0 Å². The average Bonchev–Trinajstić information content (AvgIpc) is 2.59. The van der Waals surface area contributed by atoms with Crippen molar-refractivity contribution in [2.45, 2.75) is 38.1 Å². The lowest BCUT2D eigenvalue weighted by Crippen LogP contribution is -2.48. The summed E-state index contributed by atoms with van der Waals surface area (Å²) in [6.07, 6.45) is 5.00. The third-order valence-corrected chi connectivity index (χ3v) is 3.94. The van der Waals surface area contributed by atoms with Crippen LogP contribution in [0.1, 0.15) is 32.1 Å². The van der Waals surface area contributed by atoms with Gasteiger partial charge in [-0.25, -0.2) is 0 Å². The lowest BCUT2D eigenvalue weighted by molar-refractivity contribution is -0.143. The molecule has 0 aromatic heterocycles. The summed E-state index contributed by atoms with van der Waals surface area (Å²) in [4.78, 5) is 13.0. The van der Waals surface area contributed by atoms with Gasteiger partial charge in [0.05, 0.1) is 0 Å². The van der Waals surface area contributed by atoms with Crippen molar-refractivity contribution in [3.05, 3.63) is 0 Å². The standard InChI is InChI=1S/C11H19NO3/c13-8-11(4-2-5-11)7-12-6-1-3-9(12)10(14)15/h9,13H,1-8H2,(H,14,15). The quantitative estimate of drug-likeness (QED) is 0.721. The van der Waals surface area contributed by atoms with Crippen LogP contribution in [0.5, 0.6) is 0 Å². The Morgan fingerprint density at radius 1 is 1.40 bits per heavy atom. The molecule has 1 heterocycles. The summed E-state index contributed by atoms with van der Waals surface area (Å²) in [6, 6.07) is -0.311. The highest BCUT2D eigenvalue weighted by atomic mass is 16.4. The van der Waals surface area contributed by atoms with Gasteiger partial charge in [0.1, 0.15) is 6.04 Å². The molecule has 86 valence electrons. The van der Waals surface area contributed by atoms with Gasteiger partial charge >= 0.3 is 5.97 Å². The Labute approximate surface area is 89.9 Å². The van der Waals surface area contributed by atoms with E-state index in [1.165, 1.54) is 6.42 Å². The molecule has 2 rings (SSSR count). The normalized spacial score (nSPS) is 30.1. The molecule has 2 fully saturated rings. The molecule has 1 aliphatic heterocycles. The van der Waals surface area contributed by atoms with Gasteiger partial charge in [0, 0.05) is 18.6 Å². The van der Waals surface area contributed by atoms with E-state index in [1.54, 1.807) is 0 Å². The monoisotopic (exact) mass is 213 g/mol. The average molecular weight is 213 g/mol. The second kappa shape index (κ2) is 4.10. The van der Waals surface area contributed by atoms with E-state index in [2.05, 4.69) is 0 Å². The second-order valence-corrected chi connectivity index (χ2v) is 4.98. The second-order valence-electron chi connectivity index (χ2n) is 4.98. The molecule has 1 saturated heterocycles. The fourth-order valence-electron chi connectivity index (χ4n) is 2.77. The molecule has 2 aliphatic rings. The first-order valence-electron chi connectivity index (χ1n) is 5.75. The number of hydrogen-bond donors (Lipinski definition) is 2. The van der Waals surface area contributed by atoms with Crippen molar-refractivity contribution >= 4 is 5.97 Å². The lowest BCUT2D eigenvalue weighted by atomic mass is 9.69. The van der Waals surface area contributed by atoms with E-state index in [9.17, 15) is 9.90 Å². The zero-order valence-electron chi connectivity index (χ0n) is 8.98. The number of hydrogen-bond acceptors (Lipinski definition) is 3. The van der Waals surface area contributed by atoms with Crippen LogP contribution in [0.2, 0.25) is 0 Å². The molecule has 0 aromatic carbocycles. The van der Waals surface area contributed by atoms with Gasteiger partial charge in [-0.05, 0) is 32.2 Å². The molecule has 4 heteroatoms. The van der Waals surface area contributed by atoms with E-state index >= 15 is 0 Å². The number of carboxylic acids is 1. The Hall–Kier alpha value is -0.610. The Morgan fingerprint density at radius 2 is 2.13 bits per heavy atom. The molecule has 1 atom stereocenters. The zero-order valence-corrected chi connectivity index (χ0v) is 8.98. The van der Waals surface area contributed by atoms with Crippen molar-refractivity contribution in [3.63, 3.8) is 0 Å². The summed E-state index contributed by atoms with van der Waals surface area (Å²) >= 11 is 0. The molecule has 0 bridgehead atoms. The van der Waals surface area contributed by atoms with Crippen LogP contribution in [0.3, 0.4) is 0 Å². The van der Waals surface area contributed by atoms with Crippen LogP contribution in [0.25, 0.3) is 0 Å². The molecule has 0 radical (unpaired) electrons. The van der Waals surface area contributed by atoms with Gasteiger partial charge in [0.15, 0.2) is 0 Å². The number of aliphatic hydroxyl groups is 1. The van der Waals surface area contributed by atoms with Crippen LogP contribution in [0.4, 0.5) is 0 Å². The van der Waals surface area contributed by atoms with E-state index in [1.807, 2.05) is 4.90 Å². The number of likely N-dealkylation sites (tertiary alicyclic amines) is 1. The highest BCUT2D eigenvalue weighted by Crippen LogP contribution is 2.42. The Bertz CT molecular complexity index is 245. The van der Waals surface area contributed by atoms with Gasteiger partial charge in [0.25, 0.3) is 0 Å². The summed E-state index contributed by atoms with van der Waals surface area (Å²) < 4.78 is 0. The molecular formula is C11H19NO3. The van der Waals surface area contributed by atoms with E-state index in [-0.39, 0.29) is 18.1 Å². The number of carboxylic acid groups (broad SMARTS) is 1. The minimum absolute atomic E-state index is 0.0119. The fraction of sp³-hybridized carbons (Fsp3) is 0.909. The van der Waals surface area contributed by atoms with Crippen LogP contribution in [-0.4, -0.2) is 46.8 Å². The molecule has 4 nitrogen and oxygen atoms in total. The minimum Gasteiger partial charge on any atom is -0.480 e. The topological polar surface area (TPSA) is 60.8 Å². The molecule has 0 spiro atoms. The smallest absolute Gasteiger partial charge is 0.320 e. The number of carbonyl (C=O) groups is 1. The Kier molecular flexibility index (Phi) is 2.98. The third kappa shape index (κ3) is 2.01. The summed E-state index contributed by atoms with van der Waals surface area (Å²) in [7, 11) is 0. The summed E-state index contributed by atoms with van der Waals surface area (Å²) in [5.41, 5.74) is 0.0119. The van der Waals surface area contributed by atoms with E-state index in [0.717, 1.165) is 38.8 Å². The van der Waals surface area contributed by atoms with Gasteiger partial charge < -0.3 is 10.2 Å². The van der Waals surface area contributed by atoms with Crippen LogP contribution in [0.15, 0.2) is 0 Å². The van der Waals surface area contributed by atoms with Gasteiger partial charge in [-0.15, -0.1) is 0 Å². The predicted octanol–water partition coefficient (Wildman–Crippen LogP) is 0.698. The first kappa shape index (κ1) is 10.9. The molecule has 2 N–H and O–H groups in total. The first-order chi connectivity index (χ1) is 7.17. The molecule has 1 aliphatic carbocycles. The highest BCUT2D eigenvalue weighted by molar-refractivity contribution is 5.73. The fourth-order valence-corrected chi connectivity index (χ4v) is 2.77. The number of nitrogens with zero attached hydrogens (tertiary/aromatic N) is 1. The van der Waals surface area contributed by atoms with Gasteiger partial charge in [-0.3, -0.25) is 9.69 Å². The Balaban J connectivity index is 1.95. The summed E-state index contributed by atoms with van der Waals surface area (Å²) in [6.45, 7) is 1.84. The maximum Gasteiger partial charge on any atom is 0.320 e. The van der Waals surface area contributed by atoms with Crippen molar-refractivity contribution in [2.75, 3.05) is 19.7 Å². The number of rotatable bonds is 4. The summed E-state index contributed by atoms with van der Waals surface area (Å²) in [5, 5.41) is 18.4. The van der Waals surface area contributed by atoms with Gasteiger partial charge in [-0.2, -0.15) is 0 Å². The van der Waals surface area contributed by atoms with Crippen LogP contribution in [-0.2, 0) is 4.79 Å². The maximum absolute atomic E-state index is 11.0. The summed E-state index contributed by atoms with van der Waals surface area (Å²) in [5.74, 6) is -0.708. The maximum atomic E-state index is 11.0. The molecule has 0 aromatic rings. The SMILES string of the molecule is O=C(O)C1CCCN1CC1(CO)CCC1. The van der Waals surface area contributed by atoms with Crippen molar-refractivity contribution in [1.82, 2.24) is 4.90 Å². The minimum atomic E-state index is -0.708. The van der Waals surface area contributed by atoms with Crippen molar-refractivity contribution in [3.8, 4) is 0 Å². The number of aliphatic carboxylic acids is 1. The molecular weight excluding hydrogens is 194 g/mol. The van der Waals surface area contributed by atoms with E-state index in [4.69, 9.17) is 5.11 Å². The molecule has 1 unspecified atom stereocenters. The van der Waals surface area contributed by atoms with Crippen molar-refractivity contribution in [2.24, 2.45) is 5.41 Å². The first-order valence-corrected chi connectivity index (χ1v) is 5.75. The van der Waals surface area contributed by atoms with E-state index < -0.39 is 5.97 Å². The zero-order chi connectivity index (χ0) is 10.9. The van der Waals surface area contributed by atoms with Crippen LogP contribution >= 0.6 is 0 Å². The molecule has 15 heavy (non-hydrogen) atoms. The largest absolute Gasteiger partial charge is 0.480 e. The lowest BCUT2D eigenvalue weighted by Gasteiger charge is -2.43. The highest BCUT2D eigenvalue weighted by Gasteiger charge is 2.41.